The average molecular weight is 401 g/mol. The zero-order chi connectivity index (χ0) is 19.1. The van der Waals surface area contributed by atoms with Crippen LogP contribution >= 0.6 is 24.8 Å². The van der Waals surface area contributed by atoms with E-state index < -0.39 is 0 Å². The predicted octanol–water partition coefficient (Wildman–Crippen LogP) is 6.76. The van der Waals surface area contributed by atoms with Crippen LogP contribution in [0.3, 0.4) is 0 Å². The van der Waals surface area contributed by atoms with Gasteiger partial charge in [0.05, 0.1) is 6.54 Å². The highest BCUT2D eigenvalue weighted by atomic mass is 32.1. The summed E-state index contributed by atoms with van der Waals surface area (Å²) in [7, 11) is 0. The van der Waals surface area contributed by atoms with Gasteiger partial charge in [0, 0.05) is 6.54 Å². The highest BCUT2D eigenvalue weighted by Gasteiger charge is 1.95. The topological polar surface area (TPSA) is 41.5 Å². The maximum absolute atomic E-state index is 9.92. The number of nitrogens with zero attached hydrogens (tertiary/aromatic N) is 1. The molecule has 0 fully saturated rings. The molecule has 0 aliphatic carbocycles. The van der Waals surface area contributed by atoms with E-state index in [2.05, 4.69) is 22.9 Å². The van der Waals surface area contributed by atoms with Crippen molar-refractivity contribution < 1.29 is 4.79 Å². The number of thiocarbonyl (C=S) groups is 1. The molecule has 0 aliphatic rings. The Balaban J connectivity index is 3.00. The van der Waals surface area contributed by atoms with Gasteiger partial charge in [-0.2, -0.15) is 0 Å². The Bertz CT molecular complexity index is 338. The summed E-state index contributed by atoms with van der Waals surface area (Å²) in [5.41, 5.74) is 0. The van der Waals surface area contributed by atoms with Gasteiger partial charge < -0.3 is 5.32 Å². The minimum Gasteiger partial charge on any atom is -0.371 e. The van der Waals surface area contributed by atoms with E-state index in [1.165, 1.54) is 103 Å². The van der Waals surface area contributed by atoms with Crippen molar-refractivity contribution in [2.24, 2.45) is 4.99 Å². The van der Waals surface area contributed by atoms with Gasteiger partial charge in [0.1, 0.15) is 4.32 Å². The lowest BCUT2D eigenvalue weighted by molar-refractivity contribution is 0.525. The molecule has 5 heteroatoms. The van der Waals surface area contributed by atoms with Crippen LogP contribution in [0.15, 0.2) is 4.99 Å². The maximum atomic E-state index is 9.92. The van der Waals surface area contributed by atoms with Crippen molar-refractivity contribution in [1.29, 1.82) is 0 Å². The third kappa shape index (κ3) is 23.6. The van der Waals surface area contributed by atoms with Gasteiger partial charge in [0.2, 0.25) is 6.08 Å². The Labute approximate surface area is 172 Å². The number of carbonyl (C=O) groups excluding carboxylic acids is 1. The SMILES string of the molecule is O=C=NCCCCCCCCCCCCCCCCCCCNC(=S)S. The third-order valence-electron chi connectivity index (χ3n) is 4.79. The molecule has 152 valence electrons. The van der Waals surface area contributed by atoms with E-state index in [0.717, 1.165) is 13.0 Å². The first-order chi connectivity index (χ1) is 12.8. The molecule has 0 aliphatic heterocycles. The Kier molecular flexibility index (Phi) is 22.3. The number of unbranched alkanes of at least 4 members (excludes halogenated alkanes) is 16. The average Bonchev–Trinajstić information content (AvgIpc) is 2.62. The number of hydrogen-bond donors (Lipinski definition) is 2. The van der Waals surface area contributed by atoms with Gasteiger partial charge in [-0.3, -0.25) is 0 Å². The molecule has 0 heterocycles. The van der Waals surface area contributed by atoms with Crippen LogP contribution in [0.1, 0.15) is 109 Å². The summed E-state index contributed by atoms with van der Waals surface area (Å²) in [5, 5.41) is 3.08. The summed E-state index contributed by atoms with van der Waals surface area (Å²) in [6, 6.07) is 0. The summed E-state index contributed by atoms with van der Waals surface area (Å²) in [5.74, 6) is 0. The van der Waals surface area contributed by atoms with Crippen LogP contribution < -0.4 is 5.32 Å². The van der Waals surface area contributed by atoms with Crippen molar-refractivity contribution in [1.82, 2.24) is 5.32 Å². The summed E-state index contributed by atoms with van der Waals surface area (Å²) >= 11 is 8.91. The van der Waals surface area contributed by atoms with Crippen LogP contribution in [-0.4, -0.2) is 23.5 Å². The smallest absolute Gasteiger partial charge is 0.234 e. The molecule has 0 aromatic heterocycles. The van der Waals surface area contributed by atoms with E-state index in [4.69, 9.17) is 12.2 Å². The molecular formula is C21H40N2OS2. The van der Waals surface area contributed by atoms with Crippen molar-refractivity contribution in [3.8, 4) is 0 Å². The van der Waals surface area contributed by atoms with Gasteiger partial charge in [-0.1, -0.05) is 109 Å². The molecule has 0 rings (SSSR count). The van der Waals surface area contributed by atoms with Gasteiger partial charge in [0.15, 0.2) is 0 Å². The molecule has 26 heavy (non-hydrogen) atoms. The molecule has 0 saturated carbocycles. The second-order valence-electron chi connectivity index (χ2n) is 7.22. The highest BCUT2D eigenvalue weighted by molar-refractivity contribution is 8.11. The van der Waals surface area contributed by atoms with Crippen molar-refractivity contribution in [2.45, 2.75) is 109 Å². The first-order valence-corrected chi connectivity index (χ1v) is 11.6. The minimum atomic E-state index is 0.614. The van der Waals surface area contributed by atoms with Gasteiger partial charge >= 0.3 is 0 Å². The molecule has 3 nitrogen and oxygen atoms in total. The van der Waals surface area contributed by atoms with Gasteiger partial charge in [-0.05, 0) is 12.8 Å². The quantitative estimate of drug-likeness (QED) is 0.0780. The molecule has 0 spiro atoms. The van der Waals surface area contributed by atoms with E-state index in [1.807, 2.05) is 0 Å². The number of rotatable bonds is 20. The second kappa shape index (κ2) is 22.7. The van der Waals surface area contributed by atoms with E-state index in [-0.39, 0.29) is 0 Å². The lowest BCUT2D eigenvalue weighted by Crippen LogP contribution is -2.17. The van der Waals surface area contributed by atoms with Crippen LogP contribution in [0.4, 0.5) is 0 Å². The normalized spacial score (nSPS) is 10.5. The Morgan fingerprint density at radius 1 is 0.692 bits per heavy atom. The number of nitrogens with one attached hydrogen (secondary N) is 1. The fraction of sp³-hybridized carbons (Fsp3) is 0.905. The summed E-state index contributed by atoms with van der Waals surface area (Å²) in [6.07, 6.45) is 24.3. The first-order valence-electron chi connectivity index (χ1n) is 10.8. The van der Waals surface area contributed by atoms with E-state index in [1.54, 1.807) is 6.08 Å². The largest absolute Gasteiger partial charge is 0.371 e. The fourth-order valence-corrected chi connectivity index (χ4v) is 3.42. The Morgan fingerprint density at radius 2 is 1.04 bits per heavy atom. The lowest BCUT2D eigenvalue weighted by Gasteiger charge is -2.04. The Hall–Kier alpha value is -0.380. The Morgan fingerprint density at radius 3 is 1.38 bits per heavy atom. The second-order valence-corrected chi connectivity index (χ2v) is 8.37. The van der Waals surface area contributed by atoms with Crippen molar-refractivity contribution in [3.05, 3.63) is 0 Å². The number of isocyanates is 1. The molecule has 0 aromatic rings. The summed E-state index contributed by atoms with van der Waals surface area (Å²) in [6.45, 7) is 1.63. The maximum Gasteiger partial charge on any atom is 0.234 e. The van der Waals surface area contributed by atoms with Crippen molar-refractivity contribution in [2.75, 3.05) is 13.1 Å². The zero-order valence-corrected chi connectivity index (χ0v) is 18.4. The standard InChI is InChI=1S/C21H40N2OS2/c24-20-22-18-16-14-12-10-8-6-4-2-1-3-5-7-9-11-13-15-17-19-23-21(25)26/h1-19H2,(H2,23,25,26). The number of hydrogen-bond acceptors (Lipinski definition) is 3. The molecular weight excluding hydrogens is 360 g/mol. The number of aliphatic imine (C=N–C) groups is 1. The minimum absolute atomic E-state index is 0.614. The molecule has 0 aromatic carbocycles. The first kappa shape index (κ1) is 25.6. The summed E-state index contributed by atoms with van der Waals surface area (Å²) in [4.78, 5) is 13.5. The molecule has 0 saturated heterocycles. The molecule has 1 N–H and O–H groups in total. The highest BCUT2D eigenvalue weighted by Crippen LogP contribution is 2.14. The molecule has 0 radical (unpaired) electrons. The van der Waals surface area contributed by atoms with E-state index >= 15 is 0 Å². The van der Waals surface area contributed by atoms with Crippen LogP contribution in [-0.2, 0) is 4.79 Å². The van der Waals surface area contributed by atoms with E-state index in [9.17, 15) is 4.79 Å². The van der Waals surface area contributed by atoms with Crippen LogP contribution in [0.25, 0.3) is 0 Å². The summed E-state index contributed by atoms with van der Waals surface area (Å²) < 4.78 is 0.614. The predicted molar refractivity (Wildman–Crippen MR) is 121 cm³/mol. The molecule has 0 unspecified atom stereocenters. The van der Waals surface area contributed by atoms with Crippen LogP contribution in [0.2, 0.25) is 0 Å². The van der Waals surface area contributed by atoms with Crippen molar-refractivity contribution >= 4 is 35.2 Å². The van der Waals surface area contributed by atoms with Gasteiger partial charge in [-0.25, -0.2) is 9.79 Å². The zero-order valence-electron chi connectivity index (χ0n) is 16.6. The third-order valence-corrected chi connectivity index (χ3v) is 5.09. The van der Waals surface area contributed by atoms with E-state index in [0.29, 0.717) is 10.9 Å². The van der Waals surface area contributed by atoms with Gasteiger partial charge in [0.25, 0.3) is 0 Å². The van der Waals surface area contributed by atoms with Crippen LogP contribution in [0.5, 0.6) is 0 Å². The van der Waals surface area contributed by atoms with Gasteiger partial charge in [-0.15, -0.1) is 12.6 Å². The van der Waals surface area contributed by atoms with Crippen molar-refractivity contribution in [3.63, 3.8) is 0 Å². The monoisotopic (exact) mass is 400 g/mol. The fourth-order valence-electron chi connectivity index (χ4n) is 3.21. The number of thiol groups is 1. The lowest BCUT2D eigenvalue weighted by atomic mass is 10.0. The molecule has 0 amide bonds. The molecule has 0 atom stereocenters. The molecule has 0 bridgehead atoms. The van der Waals surface area contributed by atoms with Crippen LogP contribution in [0, 0.1) is 0 Å².